The topological polar surface area (TPSA) is 54.5 Å². The van der Waals surface area contributed by atoms with Crippen molar-refractivity contribution in [3.63, 3.8) is 0 Å². The van der Waals surface area contributed by atoms with Crippen LogP contribution in [0.3, 0.4) is 0 Å². The second-order valence-electron chi connectivity index (χ2n) is 6.05. The van der Waals surface area contributed by atoms with Crippen molar-refractivity contribution < 1.29 is 9.53 Å². The Balaban J connectivity index is 1.83. The number of fused-ring (bicyclic) bond motifs is 1. The average molecular weight is 289 g/mol. The Bertz CT molecular complexity index is 565. The average Bonchev–Trinajstić information content (AvgIpc) is 3.13. The van der Waals surface area contributed by atoms with E-state index >= 15 is 0 Å². The van der Waals surface area contributed by atoms with Crippen LogP contribution in [0, 0.1) is 19.8 Å². The summed E-state index contributed by atoms with van der Waals surface area (Å²) in [4.78, 5) is 19.2. The second-order valence-corrected chi connectivity index (χ2v) is 6.05. The number of pyridine rings is 1. The molecule has 1 N–H and O–H groups in total. The molecule has 3 heterocycles. The highest BCUT2D eigenvalue weighted by molar-refractivity contribution is 5.80. The fourth-order valence-electron chi connectivity index (χ4n) is 3.30. The van der Waals surface area contributed by atoms with Crippen LogP contribution < -0.4 is 5.32 Å². The van der Waals surface area contributed by atoms with Gasteiger partial charge in [-0.2, -0.15) is 0 Å². The molecule has 0 aromatic carbocycles. The largest absolute Gasteiger partial charge is 0.378 e. The molecule has 0 bridgehead atoms. The molecule has 5 nitrogen and oxygen atoms in total. The molecule has 2 aliphatic heterocycles. The van der Waals surface area contributed by atoms with E-state index in [0.29, 0.717) is 19.7 Å². The first-order valence-corrected chi connectivity index (χ1v) is 7.58. The van der Waals surface area contributed by atoms with E-state index in [1.807, 2.05) is 4.90 Å². The van der Waals surface area contributed by atoms with Crippen molar-refractivity contribution in [2.75, 3.05) is 20.2 Å². The van der Waals surface area contributed by atoms with Crippen molar-refractivity contribution in [2.45, 2.75) is 40.0 Å². The summed E-state index contributed by atoms with van der Waals surface area (Å²) < 4.78 is 5.23. The molecular weight excluding hydrogens is 266 g/mol. The molecule has 0 saturated carbocycles. The minimum atomic E-state index is 0.138. The molecule has 1 atom stereocenters. The van der Waals surface area contributed by atoms with Crippen LogP contribution in [0.4, 0.5) is 0 Å². The third-order valence-corrected chi connectivity index (χ3v) is 4.76. The van der Waals surface area contributed by atoms with Gasteiger partial charge in [-0.1, -0.05) is 0 Å². The van der Waals surface area contributed by atoms with Gasteiger partial charge in [0.25, 0.3) is 0 Å². The van der Waals surface area contributed by atoms with Crippen molar-refractivity contribution in [1.29, 1.82) is 0 Å². The fourth-order valence-corrected chi connectivity index (χ4v) is 3.30. The number of hydrogen-bond donors (Lipinski definition) is 1. The van der Waals surface area contributed by atoms with Gasteiger partial charge in [0.15, 0.2) is 0 Å². The highest BCUT2D eigenvalue weighted by Crippen LogP contribution is 2.29. The summed E-state index contributed by atoms with van der Waals surface area (Å²) in [5, 5.41) is 3.26. The van der Waals surface area contributed by atoms with Gasteiger partial charge >= 0.3 is 0 Å². The Hall–Kier alpha value is -1.46. The van der Waals surface area contributed by atoms with Crippen molar-refractivity contribution in [2.24, 2.45) is 5.92 Å². The van der Waals surface area contributed by atoms with E-state index in [2.05, 4.69) is 19.2 Å². The molecule has 0 spiro atoms. The number of hydrogen-bond acceptors (Lipinski definition) is 4. The Morgan fingerprint density at radius 3 is 2.86 bits per heavy atom. The van der Waals surface area contributed by atoms with E-state index in [1.54, 1.807) is 7.11 Å². The minimum Gasteiger partial charge on any atom is -0.378 e. The summed E-state index contributed by atoms with van der Waals surface area (Å²) in [7, 11) is 1.69. The van der Waals surface area contributed by atoms with Gasteiger partial charge in [0.05, 0.1) is 30.5 Å². The fraction of sp³-hybridized carbons (Fsp3) is 0.625. The predicted octanol–water partition coefficient (Wildman–Crippen LogP) is 1.30. The van der Waals surface area contributed by atoms with E-state index < -0.39 is 0 Å². The zero-order valence-corrected chi connectivity index (χ0v) is 13.0. The summed E-state index contributed by atoms with van der Waals surface area (Å²) in [6.07, 6.45) is 0.950. The molecule has 1 aromatic rings. The van der Waals surface area contributed by atoms with E-state index in [-0.39, 0.29) is 11.8 Å². The highest BCUT2D eigenvalue weighted by atomic mass is 16.5. The number of carbonyl (C=O) groups excluding carboxylic acids is 1. The van der Waals surface area contributed by atoms with E-state index in [0.717, 1.165) is 30.9 Å². The lowest BCUT2D eigenvalue weighted by Crippen LogP contribution is -2.33. The van der Waals surface area contributed by atoms with Crippen LogP contribution in [0.25, 0.3) is 0 Å². The first-order chi connectivity index (χ1) is 10.1. The number of methoxy groups -OCH3 is 1. The number of nitrogens with zero attached hydrogens (tertiary/aromatic N) is 2. The molecule has 114 valence electrons. The lowest BCUT2D eigenvalue weighted by Gasteiger charge is -2.19. The number of aromatic nitrogens is 1. The van der Waals surface area contributed by atoms with Gasteiger partial charge in [0.2, 0.25) is 5.91 Å². The number of ether oxygens (including phenoxy) is 1. The summed E-state index contributed by atoms with van der Waals surface area (Å²) >= 11 is 0. The molecule has 1 saturated heterocycles. The van der Waals surface area contributed by atoms with Gasteiger partial charge < -0.3 is 15.0 Å². The number of rotatable bonds is 3. The van der Waals surface area contributed by atoms with Crippen LogP contribution >= 0.6 is 0 Å². The van der Waals surface area contributed by atoms with Crippen LogP contribution in [0.15, 0.2) is 0 Å². The molecule has 1 fully saturated rings. The number of amides is 1. The maximum absolute atomic E-state index is 12.6. The molecule has 21 heavy (non-hydrogen) atoms. The van der Waals surface area contributed by atoms with Crippen molar-refractivity contribution in [3.8, 4) is 0 Å². The van der Waals surface area contributed by atoms with Gasteiger partial charge in [-0.25, -0.2) is 0 Å². The third kappa shape index (κ3) is 2.56. The summed E-state index contributed by atoms with van der Waals surface area (Å²) in [6, 6.07) is 0. The monoisotopic (exact) mass is 289 g/mol. The summed E-state index contributed by atoms with van der Waals surface area (Å²) in [5.41, 5.74) is 5.71. The molecule has 1 aromatic heterocycles. The Kier molecular flexibility index (Phi) is 3.95. The van der Waals surface area contributed by atoms with Gasteiger partial charge in [-0.3, -0.25) is 9.78 Å². The number of carbonyl (C=O) groups is 1. The second kappa shape index (κ2) is 5.73. The molecular formula is C16H23N3O2. The van der Waals surface area contributed by atoms with Gasteiger partial charge in [-0.05, 0) is 43.5 Å². The van der Waals surface area contributed by atoms with Crippen LogP contribution in [0.1, 0.15) is 34.5 Å². The SMILES string of the molecule is COCc1nc2c(c(C)c1C)CN(C(=O)[C@@H]1CCNC1)C2. The quantitative estimate of drug-likeness (QED) is 0.911. The molecule has 1 amide bonds. The van der Waals surface area contributed by atoms with E-state index in [9.17, 15) is 4.79 Å². The van der Waals surface area contributed by atoms with Gasteiger partial charge in [-0.15, -0.1) is 0 Å². The molecule has 0 unspecified atom stereocenters. The molecule has 2 aliphatic rings. The summed E-state index contributed by atoms with van der Waals surface area (Å²) in [5.74, 6) is 0.405. The molecule has 3 rings (SSSR count). The lowest BCUT2D eigenvalue weighted by atomic mass is 10.0. The van der Waals surface area contributed by atoms with E-state index in [1.165, 1.54) is 16.7 Å². The highest BCUT2D eigenvalue weighted by Gasteiger charge is 2.32. The van der Waals surface area contributed by atoms with Crippen LogP contribution in [0.5, 0.6) is 0 Å². The van der Waals surface area contributed by atoms with Gasteiger partial charge in [0.1, 0.15) is 0 Å². The van der Waals surface area contributed by atoms with E-state index in [4.69, 9.17) is 9.72 Å². The minimum absolute atomic E-state index is 0.138. The Labute approximate surface area is 125 Å². The number of nitrogens with one attached hydrogen (secondary N) is 1. The first kappa shape index (κ1) is 14.5. The first-order valence-electron chi connectivity index (χ1n) is 7.58. The van der Waals surface area contributed by atoms with Crippen LogP contribution in [-0.2, 0) is 29.2 Å². The smallest absolute Gasteiger partial charge is 0.227 e. The van der Waals surface area contributed by atoms with Crippen LogP contribution in [0.2, 0.25) is 0 Å². The van der Waals surface area contributed by atoms with Crippen molar-refractivity contribution >= 4 is 5.91 Å². The predicted molar refractivity (Wildman–Crippen MR) is 79.7 cm³/mol. The molecule has 0 aliphatic carbocycles. The standard InChI is InChI=1S/C16H23N3O2/c1-10-11(2)15(9-21-3)18-14-8-19(7-13(10)14)16(20)12-4-5-17-6-12/h12,17H,4-9H2,1-3H3/t12-/m1/s1. The zero-order chi connectivity index (χ0) is 15.0. The maximum Gasteiger partial charge on any atom is 0.227 e. The molecule has 5 heteroatoms. The maximum atomic E-state index is 12.6. The lowest BCUT2D eigenvalue weighted by molar-refractivity contribution is -0.135. The van der Waals surface area contributed by atoms with Crippen LogP contribution in [-0.4, -0.2) is 36.0 Å². The van der Waals surface area contributed by atoms with Crippen molar-refractivity contribution in [3.05, 3.63) is 28.1 Å². The third-order valence-electron chi connectivity index (χ3n) is 4.76. The van der Waals surface area contributed by atoms with Gasteiger partial charge in [0, 0.05) is 20.2 Å². The molecule has 0 radical (unpaired) electrons. The zero-order valence-electron chi connectivity index (χ0n) is 13.0. The Morgan fingerprint density at radius 1 is 1.38 bits per heavy atom. The van der Waals surface area contributed by atoms with Crippen molar-refractivity contribution in [1.82, 2.24) is 15.2 Å². The summed E-state index contributed by atoms with van der Waals surface area (Å²) in [6.45, 7) is 7.85. The normalized spacial score (nSPS) is 20.9. The Morgan fingerprint density at radius 2 is 2.19 bits per heavy atom.